The summed E-state index contributed by atoms with van der Waals surface area (Å²) >= 11 is 5.61. The maximum absolute atomic E-state index is 12.0. The molecular weight excluding hydrogens is 328 g/mol. The van der Waals surface area contributed by atoms with Gasteiger partial charge in [-0.3, -0.25) is 9.59 Å². The van der Waals surface area contributed by atoms with Gasteiger partial charge in [0.25, 0.3) is 5.91 Å². The highest BCUT2D eigenvalue weighted by atomic mass is 32.2. The number of hydrogen-bond acceptors (Lipinski definition) is 7. The number of epoxide rings is 1. The van der Waals surface area contributed by atoms with E-state index in [1.165, 1.54) is 0 Å². The number of nitrogens with one attached hydrogen (secondary N) is 2. The van der Waals surface area contributed by atoms with Crippen LogP contribution in [0.4, 0.5) is 0 Å². The molecule has 1 aliphatic heterocycles. The maximum Gasteiger partial charge on any atom is 0.338 e. The fourth-order valence-electron chi connectivity index (χ4n) is 1.78. The fourth-order valence-corrected chi connectivity index (χ4v) is 2.36. The Labute approximate surface area is 139 Å². The molecule has 1 heterocycles. The number of thioether (sulfide) groups is 1. The summed E-state index contributed by atoms with van der Waals surface area (Å²) in [6.07, 6.45) is 0.697. The zero-order valence-electron chi connectivity index (χ0n) is 12.7. The van der Waals surface area contributed by atoms with Gasteiger partial charge in [-0.05, 0) is 25.4 Å². The number of esters is 1. The van der Waals surface area contributed by atoms with Gasteiger partial charge in [-0.15, -0.1) is 0 Å². The van der Waals surface area contributed by atoms with Crippen molar-refractivity contribution in [1.29, 1.82) is 0 Å². The molecule has 0 saturated carbocycles. The van der Waals surface area contributed by atoms with Crippen LogP contribution >= 0.6 is 24.4 Å². The second-order valence-electron chi connectivity index (χ2n) is 4.59. The number of hydrogen-bond donors (Lipinski definition) is 3. The molecule has 0 aromatic carbocycles. The van der Waals surface area contributed by atoms with E-state index in [0.717, 1.165) is 5.75 Å². The number of rotatable bonds is 10. The lowest BCUT2D eigenvalue weighted by molar-refractivity contribution is -0.144. The van der Waals surface area contributed by atoms with Crippen molar-refractivity contribution < 1.29 is 23.9 Å². The van der Waals surface area contributed by atoms with Gasteiger partial charge in [-0.25, -0.2) is 4.79 Å². The largest absolute Gasteiger partial charge is 0.464 e. The van der Waals surface area contributed by atoms with Gasteiger partial charge < -0.3 is 20.1 Å². The minimum atomic E-state index is -0.867. The molecule has 126 valence electrons. The van der Waals surface area contributed by atoms with Gasteiger partial charge in [0.1, 0.15) is 6.04 Å². The van der Waals surface area contributed by atoms with Gasteiger partial charge in [0.2, 0.25) is 5.91 Å². The average Bonchev–Trinajstić information content (AvgIpc) is 3.29. The first-order valence-electron chi connectivity index (χ1n) is 7.05. The summed E-state index contributed by atoms with van der Waals surface area (Å²) in [4.78, 5) is 35.5. The summed E-state index contributed by atoms with van der Waals surface area (Å²) in [6, 6.07) is -0.646. The van der Waals surface area contributed by atoms with Crippen molar-refractivity contribution in [1.82, 2.24) is 10.6 Å². The topological polar surface area (TPSA) is 97.0 Å². The highest BCUT2D eigenvalue weighted by Crippen LogP contribution is 2.23. The van der Waals surface area contributed by atoms with Crippen LogP contribution in [0.1, 0.15) is 13.3 Å². The monoisotopic (exact) mass is 350 g/mol. The van der Waals surface area contributed by atoms with Crippen LogP contribution in [-0.2, 0) is 23.9 Å². The number of ether oxygens (including phenoxy) is 2. The molecule has 0 bridgehead atoms. The molecule has 2 amide bonds. The van der Waals surface area contributed by atoms with Crippen LogP contribution in [0.25, 0.3) is 0 Å². The number of carbonyl (C=O) groups excluding carboxylic acids is 3. The summed E-state index contributed by atoms with van der Waals surface area (Å²) in [5, 5.41) is 5.32. The molecule has 0 unspecified atom stereocenters. The SMILES string of the molecule is CCOC(=O)[C@H]1O[C@@H]1C(=O)N[C@@H](CCSC)C(=O)NCCS. The summed E-state index contributed by atoms with van der Waals surface area (Å²) in [5.74, 6) is -0.0321. The Morgan fingerprint density at radius 3 is 2.68 bits per heavy atom. The third kappa shape index (κ3) is 6.05. The lowest BCUT2D eigenvalue weighted by Gasteiger charge is -2.17. The molecule has 22 heavy (non-hydrogen) atoms. The van der Waals surface area contributed by atoms with Gasteiger partial charge >= 0.3 is 5.97 Å². The Hall–Kier alpha value is -0.930. The van der Waals surface area contributed by atoms with Crippen molar-refractivity contribution in [3.63, 3.8) is 0 Å². The minimum absolute atomic E-state index is 0.232. The van der Waals surface area contributed by atoms with Crippen LogP contribution in [-0.4, -0.2) is 66.9 Å². The second-order valence-corrected chi connectivity index (χ2v) is 6.02. The van der Waals surface area contributed by atoms with Gasteiger partial charge in [-0.1, -0.05) is 0 Å². The van der Waals surface area contributed by atoms with Crippen LogP contribution in [0.15, 0.2) is 0 Å². The molecule has 1 aliphatic rings. The quantitative estimate of drug-likeness (QED) is 0.282. The third-order valence-corrected chi connectivity index (χ3v) is 3.79. The molecule has 0 aliphatic carbocycles. The normalized spacial score (nSPS) is 20.9. The standard InChI is InChI=1S/C13H22N2O5S2/c1-3-19-13(18)10-9(20-10)12(17)15-8(4-7-22-2)11(16)14-5-6-21/h8-10,21H,3-7H2,1-2H3,(H,14,16)(H,15,17)/t8-,9-,10-/m0/s1. The molecular formula is C13H22N2O5S2. The predicted molar refractivity (Wildman–Crippen MR) is 87.1 cm³/mol. The van der Waals surface area contributed by atoms with Gasteiger partial charge in [0.05, 0.1) is 6.61 Å². The first-order chi connectivity index (χ1) is 10.5. The van der Waals surface area contributed by atoms with E-state index in [9.17, 15) is 14.4 Å². The van der Waals surface area contributed by atoms with Gasteiger partial charge in [0, 0.05) is 12.3 Å². The summed E-state index contributed by atoms with van der Waals surface area (Å²) in [6.45, 7) is 2.34. The number of carbonyl (C=O) groups is 3. The zero-order chi connectivity index (χ0) is 16.5. The van der Waals surface area contributed by atoms with Crippen molar-refractivity contribution in [3.05, 3.63) is 0 Å². The smallest absolute Gasteiger partial charge is 0.338 e. The molecule has 2 N–H and O–H groups in total. The Kier molecular flexibility index (Phi) is 8.66. The highest BCUT2D eigenvalue weighted by Gasteiger charge is 2.52. The molecule has 3 atom stereocenters. The van der Waals surface area contributed by atoms with Crippen molar-refractivity contribution in [2.24, 2.45) is 0 Å². The summed E-state index contributed by atoms with van der Waals surface area (Å²) in [7, 11) is 0. The van der Waals surface area contributed by atoms with E-state index in [4.69, 9.17) is 9.47 Å². The summed E-state index contributed by atoms with van der Waals surface area (Å²) in [5.41, 5.74) is 0. The first-order valence-corrected chi connectivity index (χ1v) is 9.07. The molecule has 0 aromatic rings. The fraction of sp³-hybridized carbons (Fsp3) is 0.769. The van der Waals surface area contributed by atoms with E-state index in [0.29, 0.717) is 18.7 Å². The first kappa shape index (κ1) is 19.1. The van der Waals surface area contributed by atoms with E-state index in [-0.39, 0.29) is 12.5 Å². The van der Waals surface area contributed by atoms with Crippen molar-refractivity contribution in [2.75, 3.05) is 30.9 Å². The Bertz CT molecular complexity index is 408. The van der Waals surface area contributed by atoms with Gasteiger partial charge in [-0.2, -0.15) is 24.4 Å². The van der Waals surface area contributed by atoms with Crippen LogP contribution in [0.5, 0.6) is 0 Å². The average molecular weight is 350 g/mol. The van der Waals surface area contributed by atoms with Crippen LogP contribution < -0.4 is 10.6 Å². The molecule has 0 spiro atoms. The van der Waals surface area contributed by atoms with Crippen LogP contribution in [0.3, 0.4) is 0 Å². The van der Waals surface area contributed by atoms with E-state index in [1.807, 2.05) is 6.26 Å². The van der Waals surface area contributed by atoms with Crippen molar-refractivity contribution in [3.8, 4) is 0 Å². The van der Waals surface area contributed by atoms with Crippen LogP contribution in [0.2, 0.25) is 0 Å². The van der Waals surface area contributed by atoms with E-state index in [1.54, 1.807) is 18.7 Å². The van der Waals surface area contributed by atoms with Crippen molar-refractivity contribution in [2.45, 2.75) is 31.6 Å². The molecule has 1 saturated heterocycles. The van der Waals surface area contributed by atoms with Crippen LogP contribution in [0, 0.1) is 0 Å². The lowest BCUT2D eigenvalue weighted by atomic mass is 10.2. The van der Waals surface area contributed by atoms with E-state index < -0.39 is 30.1 Å². The Morgan fingerprint density at radius 2 is 2.09 bits per heavy atom. The number of amides is 2. The number of thiol groups is 1. The molecule has 0 aromatic heterocycles. The van der Waals surface area contributed by atoms with E-state index >= 15 is 0 Å². The Morgan fingerprint density at radius 1 is 1.36 bits per heavy atom. The third-order valence-electron chi connectivity index (χ3n) is 2.92. The molecule has 0 radical (unpaired) electrons. The lowest BCUT2D eigenvalue weighted by Crippen LogP contribution is -2.49. The van der Waals surface area contributed by atoms with Gasteiger partial charge in [0.15, 0.2) is 12.2 Å². The molecule has 1 fully saturated rings. The van der Waals surface area contributed by atoms with E-state index in [2.05, 4.69) is 23.3 Å². The predicted octanol–water partition coefficient (Wildman–Crippen LogP) is -0.399. The van der Waals surface area contributed by atoms with Crippen molar-refractivity contribution >= 4 is 42.2 Å². The second kappa shape index (κ2) is 9.96. The minimum Gasteiger partial charge on any atom is -0.464 e. The molecule has 9 heteroatoms. The maximum atomic E-state index is 12.0. The highest BCUT2D eigenvalue weighted by molar-refractivity contribution is 7.98. The Balaban J connectivity index is 2.49. The summed E-state index contributed by atoms with van der Waals surface area (Å²) < 4.78 is 9.81. The zero-order valence-corrected chi connectivity index (χ0v) is 14.4. The molecule has 7 nitrogen and oxygen atoms in total. The molecule has 1 rings (SSSR count).